The predicted octanol–water partition coefficient (Wildman–Crippen LogP) is 0.626. The van der Waals surface area contributed by atoms with Gasteiger partial charge in [-0.05, 0) is 47.9 Å². The molecule has 3 aromatic rings. The van der Waals surface area contributed by atoms with Crippen LogP contribution in [0.25, 0.3) is 5.65 Å². The average molecular weight is 366 g/mol. The molecule has 0 aromatic carbocycles. The minimum absolute atomic E-state index is 0.653. The van der Waals surface area contributed by atoms with Crippen LogP contribution in [0.1, 0.15) is 19.3 Å². The largest absolute Gasteiger partial charge is 0.356 e. The van der Waals surface area contributed by atoms with E-state index < -0.39 is 0 Å². The van der Waals surface area contributed by atoms with Crippen molar-refractivity contribution in [3.63, 3.8) is 0 Å². The number of fused-ring (bicyclic) bond motifs is 1. The summed E-state index contributed by atoms with van der Waals surface area (Å²) in [4.78, 5) is 16.2. The minimum Gasteiger partial charge on any atom is -0.356 e. The first-order valence-corrected chi connectivity index (χ1v) is 9.50. The Kier molecular flexibility index (Phi) is 4.15. The predicted molar refractivity (Wildman–Crippen MR) is 101 cm³/mol. The molecule has 0 atom stereocenters. The molecule has 5 rings (SSSR count). The summed E-state index contributed by atoms with van der Waals surface area (Å²) in [7, 11) is 0. The highest BCUT2D eigenvalue weighted by Gasteiger charge is 2.21. The van der Waals surface area contributed by atoms with E-state index in [-0.39, 0.29) is 0 Å². The molecular formula is C17H22N10. The van der Waals surface area contributed by atoms with E-state index in [1.165, 1.54) is 23.9 Å². The molecule has 0 aliphatic carbocycles. The number of rotatable bonds is 3. The van der Waals surface area contributed by atoms with Crippen LogP contribution in [0.5, 0.6) is 0 Å². The van der Waals surface area contributed by atoms with Gasteiger partial charge in [0.05, 0.1) is 0 Å². The van der Waals surface area contributed by atoms with Crippen molar-refractivity contribution in [3.05, 3.63) is 24.4 Å². The molecule has 3 aromatic heterocycles. The van der Waals surface area contributed by atoms with Crippen LogP contribution < -0.4 is 14.7 Å². The van der Waals surface area contributed by atoms with E-state index in [0.29, 0.717) is 5.65 Å². The number of hydrogen-bond donors (Lipinski definition) is 0. The van der Waals surface area contributed by atoms with Crippen LogP contribution in [-0.2, 0) is 0 Å². The molecule has 0 spiro atoms. The number of nitrogens with zero attached hydrogens (tertiary/aromatic N) is 10. The zero-order valence-corrected chi connectivity index (χ0v) is 15.1. The van der Waals surface area contributed by atoms with Gasteiger partial charge in [0.2, 0.25) is 5.95 Å². The summed E-state index contributed by atoms with van der Waals surface area (Å²) in [5.74, 6) is 2.76. The normalized spacial score (nSPS) is 18.3. The highest BCUT2D eigenvalue weighted by Crippen LogP contribution is 2.21. The quantitative estimate of drug-likeness (QED) is 0.661. The van der Waals surface area contributed by atoms with Gasteiger partial charge in [0, 0.05) is 45.5 Å². The molecule has 0 saturated carbocycles. The molecule has 0 unspecified atom stereocenters. The second-order valence-corrected chi connectivity index (χ2v) is 6.95. The van der Waals surface area contributed by atoms with Crippen LogP contribution in [0.2, 0.25) is 0 Å². The van der Waals surface area contributed by atoms with Crippen LogP contribution in [0.15, 0.2) is 24.4 Å². The lowest BCUT2D eigenvalue weighted by atomic mass is 10.1. The molecular weight excluding hydrogens is 344 g/mol. The van der Waals surface area contributed by atoms with E-state index in [2.05, 4.69) is 40.3 Å². The first-order chi connectivity index (χ1) is 13.4. The van der Waals surface area contributed by atoms with Crippen LogP contribution in [-0.4, -0.2) is 74.5 Å². The number of anilines is 3. The van der Waals surface area contributed by atoms with Crippen molar-refractivity contribution in [2.75, 3.05) is 54.0 Å². The molecule has 0 radical (unpaired) electrons. The molecule has 0 amide bonds. The highest BCUT2D eigenvalue weighted by atomic mass is 15.6. The third-order valence-corrected chi connectivity index (χ3v) is 5.25. The van der Waals surface area contributed by atoms with E-state index in [0.717, 1.165) is 56.9 Å². The second-order valence-electron chi connectivity index (χ2n) is 6.95. The number of tetrazole rings is 1. The molecule has 10 nitrogen and oxygen atoms in total. The summed E-state index contributed by atoms with van der Waals surface area (Å²) in [6.45, 7) is 5.62. The average Bonchev–Trinajstić information content (AvgIpc) is 3.22. The Morgan fingerprint density at radius 3 is 2.37 bits per heavy atom. The van der Waals surface area contributed by atoms with Crippen molar-refractivity contribution < 1.29 is 0 Å². The smallest absolute Gasteiger partial charge is 0.227 e. The SMILES string of the molecule is c1cc(N2CCCCC2)nc(N2CCN(c3ccc4nnnn4n3)CC2)n1. The lowest BCUT2D eigenvalue weighted by Crippen LogP contribution is -2.47. The third kappa shape index (κ3) is 3.22. The van der Waals surface area contributed by atoms with Crippen molar-refractivity contribution >= 4 is 23.2 Å². The van der Waals surface area contributed by atoms with Gasteiger partial charge in [-0.25, -0.2) is 4.98 Å². The van der Waals surface area contributed by atoms with Gasteiger partial charge in [-0.1, -0.05) is 0 Å². The Morgan fingerprint density at radius 1 is 0.741 bits per heavy atom. The van der Waals surface area contributed by atoms with Gasteiger partial charge < -0.3 is 14.7 Å². The van der Waals surface area contributed by atoms with E-state index in [1.54, 1.807) is 0 Å². The number of piperidine rings is 1. The Labute approximate surface area is 156 Å². The number of hydrogen-bond acceptors (Lipinski definition) is 9. The van der Waals surface area contributed by atoms with Gasteiger partial charge in [-0.15, -0.1) is 14.8 Å². The topological polar surface area (TPSA) is 91.5 Å². The third-order valence-electron chi connectivity index (χ3n) is 5.25. The zero-order valence-electron chi connectivity index (χ0n) is 15.1. The van der Waals surface area contributed by atoms with Crippen LogP contribution in [0.3, 0.4) is 0 Å². The summed E-state index contributed by atoms with van der Waals surface area (Å²) in [6, 6.07) is 5.88. The summed E-state index contributed by atoms with van der Waals surface area (Å²) in [6.07, 6.45) is 5.69. The molecule has 2 aliphatic heterocycles. The van der Waals surface area contributed by atoms with Crippen molar-refractivity contribution in [2.45, 2.75) is 19.3 Å². The first-order valence-electron chi connectivity index (χ1n) is 9.50. The summed E-state index contributed by atoms with van der Waals surface area (Å²) in [5, 5.41) is 15.9. The van der Waals surface area contributed by atoms with Gasteiger partial charge in [-0.2, -0.15) is 4.98 Å². The zero-order chi connectivity index (χ0) is 18.1. The van der Waals surface area contributed by atoms with Crippen LogP contribution >= 0.6 is 0 Å². The van der Waals surface area contributed by atoms with E-state index in [4.69, 9.17) is 4.98 Å². The summed E-state index contributed by atoms with van der Waals surface area (Å²) < 4.78 is 1.47. The van der Waals surface area contributed by atoms with Crippen molar-refractivity contribution in [2.24, 2.45) is 0 Å². The Morgan fingerprint density at radius 2 is 1.52 bits per heavy atom. The molecule has 140 valence electrons. The molecule has 2 saturated heterocycles. The van der Waals surface area contributed by atoms with Crippen molar-refractivity contribution in [1.82, 2.24) is 35.2 Å². The summed E-state index contributed by atoms with van der Waals surface area (Å²) >= 11 is 0. The summed E-state index contributed by atoms with van der Waals surface area (Å²) in [5.41, 5.74) is 0.653. The maximum atomic E-state index is 4.83. The van der Waals surface area contributed by atoms with Crippen LogP contribution in [0, 0.1) is 0 Å². The first kappa shape index (κ1) is 16.2. The van der Waals surface area contributed by atoms with Gasteiger partial charge in [0.1, 0.15) is 5.82 Å². The number of piperazine rings is 1. The lowest BCUT2D eigenvalue weighted by Gasteiger charge is -2.35. The second kappa shape index (κ2) is 6.93. The fourth-order valence-electron chi connectivity index (χ4n) is 3.74. The Balaban J connectivity index is 1.27. The fraction of sp³-hybridized carbons (Fsp3) is 0.529. The van der Waals surface area contributed by atoms with Gasteiger partial charge in [0.25, 0.3) is 0 Å². The maximum absolute atomic E-state index is 4.83. The molecule has 5 heterocycles. The van der Waals surface area contributed by atoms with Gasteiger partial charge in [-0.3, -0.25) is 0 Å². The van der Waals surface area contributed by atoms with Crippen LogP contribution in [0.4, 0.5) is 17.6 Å². The molecule has 10 heteroatoms. The monoisotopic (exact) mass is 366 g/mol. The van der Waals surface area contributed by atoms with E-state index in [9.17, 15) is 0 Å². The van der Waals surface area contributed by atoms with Crippen molar-refractivity contribution in [1.29, 1.82) is 0 Å². The molecule has 27 heavy (non-hydrogen) atoms. The van der Waals surface area contributed by atoms with Crippen molar-refractivity contribution in [3.8, 4) is 0 Å². The lowest BCUT2D eigenvalue weighted by molar-refractivity contribution is 0.571. The fourth-order valence-corrected chi connectivity index (χ4v) is 3.74. The molecule has 0 N–H and O–H groups in total. The Bertz CT molecular complexity index is 911. The van der Waals surface area contributed by atoms with Gasteiger partial charge >= 0.3 is 0 Å². The molecule has 2 fully saturated rings. The van der Waals surface area contributed by atoms with E-state index >= 15 is 0 Å². The minimum atomic E-state index is 0.653. The number of aromatic nitrogens is 7. The molecule has 2 aliphatic rings. The highest BCUT2D eigenvalue weighted by molar-refractivity contribution is 5.48. The van der Waals surface area contributed by atoms with Gasteiger partial charge in [0.15, 0.2) is 11.5 Å². The molecule has 0 bridgehead atoms. The Hall–Kier alpha value is -3.04. The van der Waals surface area contributed by atoms with E-state index in [1.807, 2.05) is 24.4 Å². The maximum Gasteiger partial charge on any atom is 0.227 e. The standard InChI is InChI=1S/C17H22N10/c1-2-8-24(9-3-1)14-6-7-18-17(19-14)26-12-10-25(11-13-26)16-5-4-15-20-22-23-27(15)21-16/h4-7H,1-3,8-13H2.